The standard InChI is InChI=1S/C17H17FO2/c1-11-5-2-8-13(15(11)18)16(19)14-9-3-6-12-7-4-10-20-17(12)14/h2-3,5-6,8-9,16,19H,4,7,10H2,1H3. The van der Waals surface area contributed by atoms with Gasteiger partial charge in [-0.2, -0.15) is 0 Å². The number of aryl methyl sites for hydroxylation is 2. The minimum atomic E-state index is -0.997. The summed E-state index contributed by atoms with van der Waals surface area (Å²) in [5.74, 6) is 0.362. The highest BCUT2D eigenvalue weighted by molar-refractivity contribution is 5.47. The minimum absolute atomic E-state index is 0.299. The molecule has 0 radical (unpaired) electrons. The molecule has 1 heterocycles. The molecule has 0 bridgehead atoms. The zero-order valence-corrected chi connectivity index (χ0v) is 11.4. The fourth-order valence-corrected chi connectivity index (χ4v) is 2.68. The van der Waals surface area contributed by atoms with E-state index in [4.69, 9.17) is 4.74 Å². The van der Waals surface area contributed by atoms with Crippen molar-refractivity contribution >= 4 is 0 Å². The Morgan fingerprint density at radius 2 is 1.90 bits per heavy atom. The summed E-state index contributed by atoms with van der Waals surface area (Å²) in [7, 11) is 0. The summed E-state index contributed by atoms with van der Waals surface area (Å²) < 4.78 is 19.9. The van der Waals surface area contributed by atoms with Crippen molar-refractivity contribution < 1.29 is 14.2 Å². The Hall–Kier alpha value is -1.87. The molecule has 0 saturated carbocycles. The first-order chi connectivity index (χ1) is 9.68. The summed E-state index contributed by atoms with van der Waals surface area (Å²) in [6.07, 6.45) is 0.917. The van der Waals surface area contributed by atoms with Gasteiger partial charge < -0.3 is 9.84 Å². The van der Waals surface area contributed by atoms with Gasteiger partial charge in [0, 0.05) is 11.1 Å². The predicted octanol–water partition coefficient (Wildman–Crippen LogP) is 3.54. The molecule has 1 aliphatic heterocycles. The van der Waals surface area contributed by atoms with Gasteiger partial charge in [0.25, 0.3) is 0 Å². The molecule has 1 aliphatic rings. The summed E-state index contributed by atoms with van der Waals surface area (Å²) >= 11 is 0. The van der Waals surface area contributed by atoms with Gasteiger partial charge in [0.05, 0.1) is 6.61 Å². The van der Waals surface area contributed by atoms with Crippen molar-refractivity contribution in [1.82, 2.24) is 0 Å². The van der Waals surface area contributed by atoms with Gasteiger partial charge in [-0.25, -0.2) is 4.39 Å². The molecular weight excluding hydrogens is 255 g/mol. The van der Waals surface area contributed by atoms with Crippen molar-refractivity contribution in [3.63, 3.8) is 0 Å². The Morgan fingerprint density at radius 3 is 2.75 bits per heavy atom. The average Bonchev–Trinajstić information content (AvgIpc) is 2.49. The second kappa shape index (κ2) is 5.25. The van der Waals surface area contributed by atoms with E-state index in [2.05, 4.69) is 0 Å². The highest BCUT2D eigenvalue weighted by Gasteiger charge is 2.23. The number of rotatable bonds is 2. The lowest BCUT2D eigenvalue weighted by Gasteiger charge is -2.23. The Morgan fingerprint density at radius 1 is 1.15 bits per heavy atom. The number of para-hydroxylation sites is 1. The topological polar surface area (TPSA) is 29.5 Å². The summed E-state index contributed by atoms with van der Waals surface area (Å²) in [5, 5.41) is 10.5. The van der Waals surface area contributed by atoms with Gasteiger partial charge in [0.1, 0.15) is 17.7 Å². The molecule has 3 rings (SSSR count). The van der Waals surface area contributed by atoms with E-state index in [0.29, 0.717) is 29.0 Å². The second-order valence-electron chi connectivity index (χ2n) is 5.17. The van der Waals surface area contributed by atoms with Crippen LogP contribution >= 0.6 is 0 Å². The molecule has 3 heteroatoms. The lowest BCUT2D eigenvalue weighted by molar-refractivity contribution is 0.202. The summed E-state index contributed by atoms with van der Waals surface area (Å²) in [4.78, 5) is 0. The van der Waals surface area contributed by atoms with Crippen molar-refractivity contribution in [3.05, 3.63) is 64.5 Å². The van der Waals surface area contributed by atoms with E-state index in [1.165, 1.54) is 0 Å². The third-order valence-electron chi connectivity index (χ3n) is 3.77. The fourth-order valence-electron chi connectivity index (χ4n) is 2.68. The number of hydrogen-bond donors (Lipinski definition) is 1. The number of halogens is 1. The van der Waals surface area contributed by atoms with E-state index in [1.807, 2.05) is 12.1 Å². The first-order valence-electron chi connectivity index (χ1n) is 6.86. The second-order valence-corrected chi connectivity index (χ2v) is 5.17. The number of ether oxygens (including phenoxy) is 1. The molecule has 0 spiro atoms. The first-order valence-corrected chi connectivity index (χ1v) is 6.86. The van der Waals surface area contributed by atoms with Crippen LogP contribution in [-0.2, 0) is 6.42 Å². The number of benzene rings is 2. The number of aliphatic hydroxyl groups excluding tert-OH is 1. The highest BCUT2D eigenvalue weighted by Crippen LogP contribution is 2.36. The van der Waals surface area contributed by atoms with Crippen LogP contribution in [0.3, 0.4) is 0 Å². The lowest BCUT2D eigenvalue weighted by atomic mass is 9.94. The molecular formula is C17H17FO2. The number of fused-ring (bicyclic) bond motifs is 1. The van der Waals surface area contributed by atoms with Gasteiger partial charge in [-0.3, -0.25) is 0 Å². The van der Waals surface area contributed by atoms with E-state index in [1.54, 1.807) is 31.2 Å². The molecule has 0 amide bonds. The van der Waals surface area contributed by atoms with E-state index >= 15 is 0 Å². The maximum Gasteiger partial charge on any atom is 0.132 e. The van der Waals surface area contributed by atoms with E-state index in [9.17, 15) is 9.50 Å². The van der Waals surface area contributed by atoms with E-state index in [-0.39, 0.29) is 5.82 Å². The van der Waals surface area contributed by atoms with Crippen molar-refractivity contribution in [1.29, 1.82) is 0 Å². The van der Waals surface area contributed by atoms with Gasteiger partial charge in [0.15, 0.2) is 0 Å². The van der Waals surface area contributed by atoms with Gasteiger partial charge >= 0.3 is 0 Å². The molecule has 1 N–H and O–H groups in total. The molecule has 20 heavy (non-hydrogen) atoms. The van der Waals surface area contributed by atoms with Gasteiger partial charge in [-0.15, -0.1) is 0 Å². The monoisotopic (exact) mass is 272 g/mol. The zero-order chi connectivity index (χ0) is 14.1. The van der Waals surface area contributed by atoms with E-state index < -0.39 is 6.10 Å². The van der Waals surface area contributed by atoms with Crippen LogP contribution in [0.15, 0.2) is 36.4 Å². The van der Waals surface area contributed by atoms with Crippen LogP contribution < -0.4 is 4.74 Å². The molecule has 0 aromatic heterocycles. The molecule has 2 nitrogen and oxygen atoms in total. The largest absolute Gasteiger partial charge is 0.493 e. The van der Waals surface area contributed by atoms with Crippen molar-refractivity contribution in [2.24, 2.45) is 0 Å². The van der Waals surface area contributed by atoms with Crippen LogP contribution in [0, 0.1) is 12.7 Å². The predicted molar refractivity (Wildman–Crippen MR) is 75.5 cm³/mol. The van der Waals surface area contributed by atoms with Crippen LogP contribution in [0.1, 0.15) is 34.8 Å². The lowest BCUT2D eigenvalue weighted by Crippen LogP contribution is -2.13. The smallest absolute Gasteiger partial charge is 0.132 e. The number of hydrogen-bond acceptors (Lipinski definition) is 2. The van der Waals surface area contributed by atoms with Crippen molar-refractivity contribution in [2.45, 2.75) is 25.9 Å². The van der Waals surface area contributed by atoms with Crippen LogP contribution in [0.5, 0.6) is 5.75 Å². The maximum atomic E-state index is 14.2. The van der Waals surface area contributed by atoms with Crippen molar-refractivity contribution in [3.8, 4) is 5.75 Å². The summed E-state index contributed by atoms with van der Waals surface area (Å²) in [6.45, 7) is 2.34. The van der Waals surface area contributed by atoms with Crippen molar-refractivity contribution in [2.75, 3.05) is 6.61 Å². The average molecular weight is 272 g/mol. The third-order valence-corrected chi connectivity index (χ3v) is 3.77. The Kier molecular flexibility index (Phi) is 3.45. The van der Waals surface area contributed by atoms with Crippen LogP contribution in [0.25, 0.3) is 0 Å². The zero-order valence-electron chi connectivity index (χ0n) is 11.4. The molecule has 0 fully saturated rings. The SMILES string of the molecule is Cc1cccc(C(O)c2cccc3c2OCCC3)c1F. The van der Waals surface area contributed by atoms with Gasteiger partial charge in [-0.05, 0) is 30.9 Å². The summed E-state index contributed by atoms with van der Waals surface area (Å²) in [6, 6.07) is 10.8. The van der Waals surface area contributed by atoms with Crippen LogP contribution in [-0.4, -0.2) is 11.7 Å². The van der Waals surface area contributed by atoms with Crippen LogP contribution in [0.4, 0.5) is 4.39 Å². The fraction of sp³-hybridized carbons (Fsp3) is 0.294. The summed E-state index contributed by atoms with van der Waals surface area (Å²) in [5.41, 5.74) is 2.56. The first kappa shape index (κ1) is 13.1. The quantitative estimate of drug-likeness (QED) is 0.906. The highest BCUT2D eigenvalue weighted by atomic mass is 19.1. The van der Waals surface area contributed by atoms with Gasteiger partial charge in [0.2, 0.25) is 0 Å². The third kappa shape index (κ3) is 2.18. The minimum Gasteiger partial charge on any atom is -0.493 e. The molecule has 2 aromatic rings. The van der Waals surface area contributed by atoms with Gasteiger partial charge in [-0.1, -0.05) is 36.4 Å². The molecule has 0 aliphatic carbocycles. The molecule has 1 atom stereocenters. The Bertz CT molecular complexity index is 637. The van der Waals surface area contributed by atoms with E-state index in [0.717, 1.165) is 18.4 Å². The Labute approximate surface area is 117 Å². The maximum absolute atomic E-state index is 14.2. The Balaban J connectivity index is 2.07. The molecule has 104 valence electrons. The normalized spacial score (nSPS) is 15.3. The molecule has 2 aromatic carbocycles. The van der Waals surface area contributed by atoms with Crippen LogP contribution in [0.2, 0.25) is 0 Å². The number of aliphatic hydroxyl groups is 1. The molecule has 0 saturated heterocycles. The molecule has 1 unspecified atom stereocenters.